The summed E-state index contributed by atoms with van der Waals surface area (Å²) in [5, 5.41) is 0. The zero-order valence-corrected chi connectivity index (χ0v) is 11.6. The summed E-state index contributed by atoms with van der Waals surface area (Å²) in [6.45, 7) is 0.262. The average Bonchev–Trinajstić information content (AvgIpc) is 2.82. The van der Waals surface area contributed by atoms with Gasteiger partial charge in [-0.2, -0.15) is 0 Å². The molecule has 1 aliphatic carbocycles. The van der Waals surface area contributed by atoms with E-state index in [1.54, 1.807) is 7.11 Å². The molecule has 0 spiro atoms. The van der Waals surface area contributed by atoms with Crippen molar-refractivity contribution in [1.29, 1.82) is 0 Å². The van der Waals surface area contributed by atoms with Crippen LogP contribution in [0.15, 0.2) is 4.42 Å². The number of methoxy groups -OCH3 is 2. The monoisotopic (exact) mass is 267 g/mol. The highest BCUT2D eigenvalue weighted by atomic mass is 16.5. The lowest BCUT2D eigenvalue weighted by atomic mass is 9.87. The predicted octanol–water partition coefficient (Wildman–Crippen LogP) is 2.73. The molecule has 106 valence electrons. The number of oxazole rings is 1. The maximum atomic E-state index is 11.6. The normalized spacial score (nSPS) is 16.5. The number of ether oxygens (including phenoxy) is 2. The van der Waals surface area contributed by atoms with Gasteiger partial charge in [-0.3, -0.25) is 0 Å². The van der Waals surface area contributed by atoms with Gasteiger partial charge >= 0.3 is 5.97 Å². The molecule has 1 aliphatic rings. The van der Waals surface area contributed by atoms with Crippen molar-refractivity contribution < 1.29 is 18.7 Å². The van der Waals surface area contributed by atoms with E-state index in [0.29, 0.717) is 17.5 Å². The van der Waals surface area contributed by atoms with Gasteiger partial charge in [0, 0.05) is 13.5 Å². The molecule has 0 bridgehead atoms. The Labute approximate surface area is 113 Å². The van der Waals surface area contributed by atoms with Crippen LogP contribution in [0.4, 0.5) is 0 Å². The Morgan fingerprint density at radius 3 is 2.68 bits per heavy atom. The summed E-state index contributed by atoms with van der Waals surface area (Å²) in [6, 6.07) is 0. The van der Waals surface area contributed by atoms with E-state index in [0.717, 1.165) is 6.42 Å². The largest absolute Gasteiger partial charge is 0.463 e. The number of carbonyl (C=O) groups excluding carboxylic acids is 1. The highest BCUT2D eigenvalue weighted by molar-refractivity contribution is 5.87. The molecule has 0 saturated heterocycles. The second kappa shape index (κ2) is 6.70. The van der Waals surface area contributed by atoms with Crippen molar-refractivity contribution in [1.82, 2.24) is 4.98 Å². The summed E-state index contributed by atoms with van der Waals surface area (Å²) in [4.78, 5) is 16.0. The van der Waals surface area contributed by atoms with Crippen molar-refractivity contribution in [3.63, 3.8) is 0 Å². The van der Waals surface area contributed by atoms with Crippen molar-refractivity contribution in [2.45, 2.75) is 45.1 Å². The van der Waals surface area contributed by atoms with Gasteiger partial charge in [0.2, 0.25) is 5.76 Å². The van der Waals surface area contributed by atoms with Crippen molar-refractivity contribution in [3.05, 3.63) is 17.3 Å². The molecule has 5 heteroatoms. The van der Waals surface area contributed by atoms with Crippen LogP contribution in [-0.4, -0.2) is 25.2 Å². The van der Waals surface area contributed by atoms with Crippen molar-refractivity contribution in [2.75, 3.05) is 14.2 Å². The summed E-state index contributed by atoms with van der Waals surface area (Å²) in [6.07, 6.45) is 7.11. The van der Waals surface area contributed by atoms with E-state index in [-0.39, 0.29) is 12.4 Å². The number of carbonyl (C=O) groups is 1. The maximum absolute atomic E-state index is 11.6. The van der Waals surface area contributed by atoms with Crippen LogP contribution in [0.3, 0.4) is 0 Å². The van der Waals surface area contributed by atoms with Crippen LogP contribution in [0.25, 0.3) is 0 Å². The minimum Gasteiger partial charge on any atom is -0.463 e. The Hall–Kier alpha value is -1.36. The summed E-state index contributed by atoms with van der Waals surface area (Å²) in [5.74, 6) is 0.928. The first kappa shape index (κ1) is 14.1. The fourth-order valence-electron chi connectivity index (χ4n) is 2.61. The Bertz CT molecular complexity index is 421. The second-order valence-electron chi connectivity index (χ2n) is 5.02. The van der Waals surface area contributed by atoms with Gasteiger partial charge in [-0.1, -0.05) is 19.3 Å². The lowest BCUT2D eigenvalue weighted by molar-refractivity contribution is 0.0556. The van der Waals surface area contributed by atoms with Crippen molar-refractivity contribution in [2.24, 2.45) is 5.92 Å². The maximum Gasteiger partial charge on any atom is 0.376 e. The molecular formula is C14H21NO4. The van der Waals surface area contributed by atoms with E-state index >= 15 is 0 Å². The summed E-state index contributed by atoms with van der Waals surface area (Å²) in [7, 11) is 2.90. The molecule has 1 heterocycles. The summed E-state index contributed by atoms with van der Waals surface area (Å²) in [5.41, 5.74) is 0.528. The fourth-order valence-corrected chi connectivity index (χ4v) is 2.61. The van der Waals surface area contributed by atoms with E-state index in [9.17, 15) is 4.79 Å². The molecule has 1 saturated carbocycles. The first-order valence-electron chi connectivity index (χ1n) is 6.80. The number of esters is 1. The van der Waals surface area contributed by atoms with Gasteiger partial charge in [-0.05, 0) is 18.8 Å². The minimum atomic E-state index is -0.491. The van der Waals surface area contributed by atoms with Crippen LogP contribution in [0, 0.1) is 5.92 Å². The number of hydrogen-bond donors (Lipinski definition) is 0. The van der Waals surface area contributed by atoms with E-state index in [1.807, 2.05) is 0 Å². The zero-order valence-electron chi connectivity index (χ0n) is 11.6. The highest BCUT2D eigenvalue weighted by Crippen LogP contribution is 2.27. The average molecular weight is 267 g/mol. The molecule has 1 aromatic heterocycles. The SMILES string of the molecule is COCc1nc(CC2CCCCC2)oc1C(=O)OC. The molecule has 19 heavy (non-hydrogen) atoms. The standard InChI is InChI=1S/C14H21NO4/c1-17-9-11-13(14(16)18-2)19-12(15-11)8-10-6-4-3-5-7-10/h10H,3-9H2,1-2H3. The molecule has 0 aromatic carbocycles. The van der Waals surface area contributed by atoms with Crippen LogP contribution < -0.4 is 0 Å². The number of nitrogens with zero attached hydrogens (tertiary/aromatic N) is 1. The van der Waals surface area contributed by atoms with E-state index in [2.05, 4.69) is 4.98 Å². The topological polar surface area (TPSA) is 61.6 Å². The van der Waals surface area contributed by atoms with Crippen LogP contribution in [-0.2, 0) is 22.5 Å². The highest BCUT2D eigenvalue weighted by Gasteiger charge is 2.23. The second-order valence-corrected chi connectivity index (χ2v) is 5.02. The third-order valence-corrected chi connectivity index (χ3v) is 3.58. The molecule has 5 nitrogen and oxygen atoms in total. The third kappa shape index (κ3) is 3.56. The zero-order chi connectivity index (χ0) is 13.7. The van der Waals surface area contributed by atoms with Gasteiger partial charge in [0.15, 0.2) is 5.89 Å². The third-order valence-electron chi connectivity index (χ3n) is 3.58. The molecule has 0 atom stereocenters. The van der Waals surface area contributed by atoms with Crippen LogP contribution in [0.2, 0.25) is 0 Å². The Balaban J connectivity index is 2.09. The lowest BCUT2D eigenvalue weighted by Crippen LogP contribution is -2.09. The van der Waals surface area contributed by atoms with Crippen molar-refractivity contribution >= 4 is 5.97 Å². The minimum absolute atomic E-state index is 0.176. The molecule has 0 amide bonds. The van der Waals surface area contributed by atoms with Gasteiger partial charge in [0.1, 0.15) is 5.69 Å². The molecule has 1 aromatic rings. The molecule has 0 N–H and O–H groups in total. The van der Waals surface area contributed by atoms with Gasteiger partial charge in [0.25, 0.3) is 0 Å². The fraction of sp³-hybridized carbons (Fsp3) is 0.714. The van der Waals surface area contributed by atoms with Crippen LogP contribution in [0.5, 0.6) is 0 Å². The molecule has 1 fully saturated rings. The molecule has 0 aliphatic heterocycles. The van der Waals surface area contributed by atoms with Gasteiger partial charge in [-0.15, -0.1) is 0 Å². The molecule has 0 radical (unpaired) electrons. The number of rotatable bonds is 5. The predicted molar refractivity (Wildman–Crippen MR) is 68.8 cm³/mol. The van der Waals surface area contributed by atoms with Crippen LogP contribution >= 0.6 is 0 Å². The first-order chi connectivity index (χ1) is 9.24. The van der Waals surface area contributed by atoms with Crippen LogP contribution in [0.1, 0.15) is 54.2 Å². The van der Waals surface area contributed by atoms with Crippen molar-refractivity contribution in [3.8, 4) is 0 Å². The lowest BCUT2D eigenvalue weighted by Gasteiger charge is -2.19. The first-order valence-corrected chi connectivity index (χ1v) is 6.80. The molecule has 0 unspecified atom stereocenters. The Morgan fingerprint density at radius 1 is 1.32 bits per heavy atom. The quantitative estimate of drug-likeness (QED) is 0.768. The molecular weight excluding hydrogens is 246 g/mol. The van der Waals surface area contributed by atoms with Gasteiger partial charge in [0.05, 0.1) is 13.7 Å². The Kier molecular flexibility index (Phi) is 4.96. The van der Waals surface area contributed by atoms with Gasteiger partial charge in [-0.25, -0.2) is 9.78 Å². The summed E-state index contributed by atoms with van der Waals surface area (Å²) >= 11 is 0. The number of hydrogen-bond acceptors (Lipinski definition) is 5. The number of aromatic nitrogens is 1. The Morgan fingerprint density at radius 2 is 2.05 bits per heavy atom. The van der Waals surface area contributed by atoms with E-state index < -0.39 is 5.97 Å². The smallest absolute Gasteiger partial charge is 0.376 e. The summed E-state index contributed by atoms with van der Waals surface area (Å²) < 4.78 is 15.3. The molecule has 2 rings (SSSR count). The van der Waals surface area contributed by atoms with E-state index in [4.69, 9.17) is 13.9 Å². The van der Waals surface area contributed by atoms with E-state index in [1.165, 1.54) is 39.2 Å². The van der Waals surface area contributed by atoms with Gasteiger partial charge < -0.3 is 13.9 Å².